The Morgan fingerprint density at radius 3 is 3.03 bits per heavy atom. The first kappa shape index (κ1) is 19.8. The number of hydrogen-bond donors (Lipinski definition) is 2. The van der Waals surface area contributed by atoms with Crippen molar-refractivity contribution in [3.63, 3.8) is 0 Å². The van der Waals surface area contributed by atoms with Crippen LogP contribution in [0.25, 0.3) is 10.9 Å². The Hall–Kier alpha value is -3.19. The van der Waals surface area contributed by atoms with Crippen molar-refractivity contribution in [1.29, 1.82) is 0 Å². The van der Waals surface area contributed by atoms with E-state index >= 15 is 0 Å². The van der Waals surface area contributed by atoms with Crippen LogP contribution in [0.3, 0.4) is 0 Å². The molecule has 7 nitrogen and oxygen atoms in total. The summed E-state index contributed by atoms with van der Waals surface area (Å²) in [6, 6.07) is 12.4. The summed E-state index contributed by atoms with van der Waals surface area (Å²) in [5.74, 6) is 2.09. The lowest BCUT2D eigenvalue weighted by Crippen LogP contribution is -2.25. The molecule has 0 bridgehead atoms. The van der Waals surface area contributed by atoms with E-state index in [1.54, 1.807) is 7.11 Å². The molecule has 2 aromatic carbocycles. The number of para-hydroxylation sites is 1. The summed E-state index contributed by atoms with van der Waals surface area (Å²) in [7, 11) is 1.64. The van der Waals surface area contributed by atoms with Gasteiger partial charge in [0.25, 0.3) is 0 Å². The van der Waals surface area contributed by atoms with Crippen molar-refractivity contribution in [2.75, 3.05) is 27.0 Å². The van der Waals surface area contributed by atoms with Crippen LogP contribution in [-0.2, 0) is 17.7 Å². The summed E-state index contributed by atoms with van der Waals surface area (Å²) >= 11 is 0. The number of benzene rings is 2. The van der Waals surface area contributed by atoms with E-state index in [9.17, 15) is 0 Å². The zero-order valence-corrected chi connectivity index (χ0v) is 17.9. The molecule has 1 atom stereocenters. The van der Waals surface area contributed by atoms with E-state index in [1.807, 2.05) is 12.1 Å². The van der Waals surface area contributed by atoms with Crippen LogP contribution in [0.1, 0.15) is 23.2 Å². The van der Waals surface area contributed by atoms with Crippen LogP contribution >= 0.6 is 0 Å². The quantitative estimate of drug-likeness (QED) is 0.542. The zero-order chi connectivity index (χ0) is 21.2. The molecule has 0 fully saturated rings. The van der Waals surface area contributed by atoms with Gasteiger partial charge in [0.1, 0.15) is 6.10 Å². The number of aromatic nitrogens is 1. The molecule has 31 heavy (non-hydrogen) atoms. The lowest BCUT2D eigenvalue weighted by atomic mass is 10.0. The molecule has 0 aliphatic carbocycles. The predicted molar refractivity (Wildman–Crippen MR) is 119 cm³/mol. The minimum Gasteiger partial charge on any atom is -0.493 e. The van der Waals surface area contributed by atoms with Crippen molar-refractivity contribution in [2.24, 2.45) is 5.16 Å². The Balaban J connectivity index is 1.11. The zero-order valence-electron chi connectivity index (χ0n) is 17.9. The number of ether oxygens (including phenoxy) is 3. The van der Waals surface area contributed by atoms with E-state index in [1.165, 1.54) is 22.2 Å². The third kappa shape index (κ3) is 4.05. The van der Waals surface area contributed by atoms with Gasteiger partial charge in [-0.05, 0) is 49.2 Å². The largest absolute Gasteiger partial charge is 0.493 e. The second kappa shape index (κ2) is 8.51. The van der Waals surface area contributed by atoms with Gasteiger partial charge >= 0.3 is 0 Å². The maximum atomic E-state index is 5.67. The number of methoxy groups -OCH3 is 1. The molecule has 2 N–H and O–H groups in total. The number of aromatic amines is 1. The second-order valence-electron chi connectivity index (χ2n) is 8.03. The van der Waals surface area contributed by atoms with E-state index in [4.69, 9.17) is 19.0 Å². The Morgan fingerprint density at radius 1 is 1.23 bits per heavy atom. The van der Waals surface area contributed by atoms with Crippen molar-refractivity contribution in [3.8, 4) is 17.2 Å². The van der Waals surface area contributed by atoms with E-state index < -0.39 is 0 Å². The molecule has 2 aliphatic rings. The van der Waals surface area contributed by atoms with Crippen molar-refractivity contribution in [3.05, 3.63) is 53.2 Å². The average molecular weight is 421 g/mol. The molecule has 2 aliphatic heterocycles. The van der Waals surface area contributed by atoms with Crippen LogP contribution in [0, 0.1) is 6.92 Å². The van der Waals surface area contributed by atoms with Gasteiger partial charge < -0.3 is 29.3 Å². The maximum Gasteiger partial charge on any atom is 0.231 e. The molecule has 0 spiro atoms. The molecule has 5 rings (SSSR count). The van der Waals surface area contributed by atoms with Gasteiger partial charge in [-0.2, -0.15) is 0 Å². The number of oxime groups is 1. The fraction of sp³-hybridized carbons (Fsp3) is 0.375. The molecule has 162 valence electrons. The van der Waals surface area contributed by atoms with Crippen LogP contribution in [0.4, 0.5) is 0 Å². The Kier molecular flexibility index (Phi) is 5.42. The minimum atomic E-state index is 0.0257. The van der Waals surface area contributed by atoms with Gasteiger partial charge in [0, 0.05) is 36.0 Å². The van der Waals surface area contributed by atoms with Crippen molar-refractivity contribution >= 4 is 16.6 Å². The summed E-state index contributed by atoms with van der Waals surface area (Å²) in [5.41, 5.74) is 5.95. The van der Waals surface area contributed by atoms with Gasteiger partial charge in [0.2, 0.25) is 12.5 Å². The summed E-state index contributed by atoms with van der Waals surface area (Å²) < 4.78 is 16.4. The number of rotatable bonds is 8. The van der Waals surface area contributed by atoms with Crippen LogP contribution in [-0.4, -0.2) is 43.8 Å². The highest BCUT2D eigenvalue weighted by molar-refractivity contribution is 5.87. The predicted octanol–water partition coefficient (Wildman–Crippen LogP) is 3.73. The molecule has 0 amide bonds. The molecule has 1 unspecified atom stereocenters. The van der Waals surface area contributed by atoms with Gasteiger partial charge in [0.15, 0.2) is 11.5 Å². The first-order valence-electron chi connectivity index (χ1n) is 10.7. The van der Waals surface area contributed by atoms with Gasteiger partial charge in [-0.3, -0.25) is 0 Å². The van der Waals surface area contributed by atoms with Crippen LogP contribution < -0.4 is 19.5 Å². The Bertz CT molecular complexity index is 1120. The highest BCUT2D eigenvalue weighted by atomic mass is 16.7. The van der Waals surface area contributed by atoms with Crippen LogP contribution in [0.2, 0.25) is 0 Å². The molecule has 0 radical (unpaired) electrons. The van der Waals surface area contributed by atoms with Crippen molar-refractivity contribution < 1.29 is 19.0 Å². The van der Waals surface area contributed by atoms with E-state index in [0.717, 1.165) is 49.4 Å². The lowest BCUT2D eigenvalue weighted by molar-refractivity contribution is 0.0858. The number of hydrogen-bond acceptors (Lipinski definition) is 6. The molecule has 1 aromatic heterocycles. The number of aryl methyl sites for hydroxylation is 1. The minimum absolute atomic E-state index is 0.0257. The normalized spacial score (nSPS) is 17.1. The monoisotopic (exact) mass is 421 g/mol. The molecule has 3 heterocycles. The Labute approximate surface area is 181 Å². The highest BCUT2D eigenvalue weighted by Gasteiger charge is 2.25. The van der Waals surface area contributed by atoms with Gasteiger partial charge in [0.05, 0.1) is 12.8 Å². The van der Waals surface area contributed by atoms with Crippen LogP contribution in [0.5, 0.6) is 17.2 Å². The van der Waals surface area contributed by atoms with Crippen LogP contribution in [0.15, 0.2) is 41.6 Å². The molecular weight excluding hydrogens is 394 g/mol. The molecule has 3 aromatic rings. The number of H-pyrrole nitrogens is 1. The second-order valence-corrected chi connectivity index (χ2v) is 8.03. The van der Waals surface area contributed by atoms with Gasteiger partial charge in [-0.15, -0.1) is 0 Å². The third-order valence-corrected chi connectivity index (χ3v) is 5.88. The Morgan fingerprint density at radius 2 is 2.13 bits per heavy atom. The number of nitrogens with zero attached hydrogens (tertiary/aromatic N) is 1. The smallest absolute Gasteiger partial charge is 0.231 e. The molecule has 0 saturated heterocycles. The summed E-state index contributed by atoms with van der Waals surface area (Å²) in [4.78, 5) is 9.14. The first-order valence-corrected chi connectivity index (χ1v) is 10.7. The van der Waals surface area contributed by atoms with E-state index in [-0.39, 0.29) is 12.9 Å². The van der Waals surface area contributed by atoms with E-state index in [2.05, 4.69) is 46.6 Å². The standard InChI is InChI=1S/C24H27N3O4/c1-15-19(20-5-3-4-6-21(20)26-15)7-8-25-13-17-12-18(31-27-17)9-16-10-22(28-2)24-23(11-16)29-14-30-24/h3-6,10-11,18,25-26H,7-9,12-14H2,1-2H3. The lowest BCUT2D eigenvalue weighted by Gasteiger charge is -2.11. The summed E-state index contributed by atoms with van der Waals surface area (Å²) in [6.45, 7) is 4.00. The fourth-order valence-corrected chi connectivity index (χ4v) is 4.37. The van der Waals surface area contributed by atoms with Crippen molar-refractivity contribution in [1.82, 2.24) is 10.3 Å². The number of nitrogens with one attached hydrogen (secondary N) is 2. The summed E-state index contributed by atoms with van der Waals surface area (Å²) in [6.07, 6.45) is 2.56. The highest BCUT2D eigenvalue weighted by Crippen LogP contribution is 2.42. The first-order chi connectivity index (χ1) is 15.2. The SMILES string of the molecule is COc1cc(CC2CC(CNCCc3c(C)[nH]c4ccccc34)=NO2)cc2c1OCO2. The van der Waals surface area contributed by atoms with Gasteiger partial charge in [-0.25, -0.2) is 0 Å². The molecular formula is C24H27N3O4. The number of fused-ring (bicyclic) bond motifs is 2. The van der Waals surface area contributed by atoms with E-state index in [0.29, 0.717) is 11.5 Å². The van der Waals surface area contributed by atoms with Crippen molar-refractivity contribution in [2.45, 2.75) is 32.3 Å². The topological polar surface area (TPSA) is 77.1 Å². The fourth-order valence-electron chi connectivity index (χ4n) is 4.37. The molecule has 7 heteroatoms. The average Bonchev–Trinajstić information content (AvgIpc) is 3.49. The molecule has 0 saturated carbocycles. The third-order valence-electron chi connectivity index (χ3n) is 5.88. The van der Waals surface area contributed by atoms with Gasteiger partial charge in [-0.1, -0.05) is 23.4 Å². The summed E-state index contributed by atoms with van der Waals surface area (Å²) in [5, 5.41) is 9.11. The maximum absolute atomic E-state index is 5.67.